The second-order valence-electron chi connectivity index (χ2n) is 5.48. The molecular formula is C20H17ClN2OS. The monoisotopic (exact) mass is 368 g/mol. The molecule has 0 aliphatic carbocycles. The molecule has 1 N–H and O–H groups in total. The number of hydrogen-bond donors (Lipinski definition) is 1. The molecule has 2 aromatic carbocycles. The van der Waals surface area contributed by atoms with Crippen LogP contribution in [-0.4, -0.2) is 10.9 Å². The van der Waals surface area contributed by atoms with Gasteiger partial charge in [-0.15, -0.1) is 11.8 Å². The maximum absolute atomic E-state index is 12.2. The van der Waals surface area contributed by atoms with Crippen LogP contribution < -0.4 is 5.32 Å². The highest BCUT2D eigenvalue weighted by atomic mass is 35.5. The lowest BCUT2D eigenvalue weighted by Crippen LogP contribution is -2.22. The van der Waals surface area contributed by atoms with Gasteiger partial charge in [0.2, 0.25) is 0 Å². The van der Waals surface area contributed by atoms with Crippen LogP contribution in [0.25, 0.3) is 0 Å². The lowest BCUT2D eigenvalue weighted by atomic mass is 10.2. The molecule has 3 rings (SSSR count). The van der Waals surface area contributed by atoms with Gasteiger partial charge in [0, 0.05) is 40.2 Å². The predicted molar refractivity (Wildman–Crippen MR) is 103 cm³/mol. The summed E-state index contributed by atoms with van der Waals surface area (Å²) in [7, 11) is 0. The zero-order valence-corrected chi connectivity index (χ0v) is 15.1. The summed E-state index contributed by atoms with van der Waals surface area (Å²) in [6.45, 7) is 0.480. The number of thioether (sulfide) groups is 1. The minimum absolute atomic E-state index is 0.0845. The highest BCUT2D eigenvalue weighted by Gasteiger charge is 2.05. The molecule has 0 saturated carbocycles. The van der Waals surface area contributed by atoms with Gasteiger partial charge < -0.3 is 5.32 Å². The quantitative estimate of drug-likeness (QED) is 0.625. The molecule has 0 unspecified atom stereocenters. The van der Waals surface area contributed by atoms with Gasteiger partial charge in [0.25, 0.3) is 5.91 Å². The van der Waals surface area contributed by atoms with Crippen LogP contribution in [0, 0.1) is 0 Å². The van der Waals surface area contributed by atoms with Crippen molar-refractivity contribution < 1.29 is 4.79 Å². The molecule has 0 bridgehead atoms. The summed E-state index contributed by atoms with van der Waals surface area (Å²) in [5, 5.41) is 3.60. The van der Waals surface area contributed by atoms with Crippen molar-refractivity contribution in [2.45, 2.75) is 17.2 Å². The molecule has 25 heavy (non-hydrogen) atoms. The highest BCUT2D eigenvalue weighted by Crippen LogP contribution is 2.22. The summed E-state index contributed by atoms with van der Waals surface area (Å²) in [6.07, 6.45) is 3.64. The minimum Gasteiger partial charge on any atom is -0.348 e. The Bertz CT molecular complexity index is 821. The fraction of sp³-hybridized carbons (Fsp3) is 0.100. The van der Waals surface area contributed by atoms with Crippen LogP contribution in [0.1, 0.15) is 21.5 Å². The molecule has 0 aliphatic heterocycles. The number of carbonyl (C=O) groups is 1. The van der Waals surface area contributed by atoms with E-state index >= 15 is 0 Å². The van der Waals surface area contributed by atoms with Crippen molar-refractivity contribution in [2.24, 2.45) is 0 Å². The molecule has 0 saturated heterocycles. The van der Waals surface area contributed by atoms with Gasteiger partial charge in [-0.2, -0.15) is 0 Å². The number of carbonyl (C=O) groups excluding carboxylic acids is 1. The Hall–Kier alpha value is -2.30. The van der Waals surface area contributed by atoms with E-state index in [1.807, 2.05) is 60.8 Å². The van der Waals surface area contributed by atoms with Crippen LogP contribution in [0.3, 0.4) is 0 Å². The zero-order valence-electron chi connectivity index (χ0n) is 13.5. The van der Waals surface area contributed by atoms with Crippen LogP contribution in [0.2, 0.25) is 5.02 Å². The van der Waals surface area contributed by atoms with Crippen molar-refractivity contribution in [1.29, 1.82) is 0 Å². The largest absolute Gasteiger partial charge is 0.348 e. The lowest BCUT2D eigenvalue weighted by Gasteiger charge is -2.07. The molecule has 0 spiro atoms. The Morgan fingerprint density at radius 1 is 1.00 bits per heavy atom. The van der Waals surface area contributed by atoms with Gasteiger partial charge in [-0.3, -0.25) is 9.78 Å². The number of benzene rings is 2. The van der Waals surface area contributed by atoms with Crippen LogP contribution in [0.5, 0.6) is 0 Å². The minimum atomic E-state index is -0.0845. The molecule has 0 fully saturated rings. The van der Waals surface area contributed by atoms with Crippen molar-refractivity contribution in [3.8, 4) is 0 Å². The molecule has 1 heterocycles. The Labute approximate surface area is 156 Å². The first-order valence-corrected chi connectivity index (χ1v) is 9.21. The number of halogens is 1. The Morgan fingerprint density at radius 2 is 1.76 bits per heavy atom. The summed E-state index contributed by atoms with van der Waals surface area (Å²) in [5.74, 6) is 0.773. The van der Waals surface area contributed by atoms with Gasteiger partial charge in [0.15, 0.2) is 0 Å². The van der Waals surface area contributed by atoms with Crippen LogP contribution in [0.4, 0.5) is 0 Å². The standard InChI is InChI=1S/C20H17ClN2OS/c21-18-7-3-15(4-8-18)13-23-20(24)17-5-9-19(10-6-17)25-14-16-2-1-11-22-12-16/h1-12H,13-14H2,(H,23,24). The third-order valence-electron chi connectivity index (χ3n) is 3.61. The number of pyridine rings is 1. The molecular weight excluding hydrogens is 352 g/mol. The topological polar surface area (TPSA) is 42.0 Å². The highest BCUT2D eigenvalue weighted by molar-refractivity contribution is 7.98. The van der Waals surface area contributed by atoms with Gasteiger partial charge in [-0.1, -0.05) is 29.8 Å². The van der Waals surface area contributed by atoms with E-state index in [9.17, 15) is 4.79 Å². The summed E-state index contributed by atoms with van der Waals surface area (Å²) in [6, 6.07) is 19.1. The normalized spacial score (nSPS) is 10.4. The van der Waals surface area contributed by atoms with Gasteiger partial charge in [-0.25, -0.2) is 0 Å². The van der Waals surface area contributed by atoms with Crippen molar-refractivity contribution in [3.05, 3.63) is 94.8 Å². The Balaban J connectivity index is 1.52. The van der Waals surface area contributed by atoms with E-state index in [1.165, 1.54) is 5.56 Å². The number of rotatable bonds is 6. The smallest absolute Gasteiger partial charge is 0.251 e. The molecule has 0 atom stereocenters. The summed E-state index contributed by atoms with van der Waals surface area (Å²) >= 11 is 7.58. The molecule has 3 aromatic rings. The van der Waals surface area contributed by atoms with Gasteiger partial charge >= 0.3 is 0 Å². The van der Waals surface area contributed by atoms with E-state index in [2.05, 4.69) is 16.4 Å². The zero-order chi connectivity index (χ0) is 17.5. The van der Waals surface area contributed by atoms with Crippen molar-refractivity contribution in [3.63, 3.8) is 0 Å². The number of nitrogens with zero attached hydrogens (tertiary/aromatic N) is 1. The molecule has 5 heteroatoms. The van der Waals surface area contributed by atoms with E-state index in [-0.39, 0.29) is 5.91 Å². The first-order valence-electron chi connectivity index (χ1n) is 7.85. The Kier molecular flexibility index (Phi) is 6.09. The number of amides is 1. The van der Waals surface area contributed by atoms with Crippen LogP contribution in [0.15, 0.2) is 78.0 Å². The van der Waals surface area contributed by atoms with Gasteiger partial charge in [-0.05, 0) is 53.6 Å². The SMILES string of the molecule is O=C(NCc1ccc(Cl)cc1)c1ccc(SCc2cccnc2)cc1. The average molecular weight is 369 g/mol. The maximum atomic E-state index is 12.2. The van der Waals surface area contributed by atoms with E-state index in [0.717, 1.165) is 16.2 Å². The summed E-state index contributed by atoms with van der Waals surface area (Å²) in [5.41, 5.74) is 2.85. The van der Waals surface area contributed by atoms with E-state index in [1.54, 1.807) is 18.0 Å². The fourth-order valence-corrected chi connectivity index (χ4v) is 3.20. The average Bonchev–Trinajstić information content (AvgIpc) is 2.67. The van der Waals surface area contributed by atoms with E-state index < -0.39 is 0 Å². The lowest BCUT2D eigenvalue weighted by molar-refractivity contribution is 0.0951. The van der Waals surface area contributed by atoms with Crippen LogP contribution >= 0.6 is 23.4 Å². The third kappa shape index (κ3) is 5.34. The van der Waals surface area contributed by atoms with Crippen molar-refractivity contribution in [2.75, 3.05) is 0 Å². The molecule has 1 aromatic heterocycles. The first kappa shape index (κ1) is 17.5. The summed E-state index contributed by atoms with van der Waals surface area (Å²) in [4.78, 5) is 17.5. The van der Waals surface area contributed by atoms with Gasteiger partial charge in [0.1, 0.15) is 0 Å². The fourth-order valence-electron chi connectivity index (χ4n) is 2.24. The summed E-state index contributed by atoms with van der Waals surface area (Å²) < 4.78 is 0. The van der Waals surface area contributed by atoms with Gasteiger partial charge in [0.05, 0.1) is 0 Å². The molecule has 0 radical (unpaired) electrons. The van der Waals surface area contributed by atoms with Crippen molar-refractivity contribution in [1.82, 2.24) is 10.3 Å². The second-order valence-corrected chi connectivity index (χ2v) is 6.97. The molecule has 3 nitrogen and oxygen atoms in total. The molecule has 0 aliphatic rings. The number of nitrogens with one attached hydrogen (secondary N) is 1. The third-order valence-corrected chi connectivity index (χ3v) is 4.95. The number of aromatic nitrogens is 1. The maximum Gasteiger partial charge on any atom is 0.251 e. The Morgan fingerprint density at radius 3 is 2.44 bits per heavy atom. The van der Waals surface area contributed by atoms with E-state index in [0.29, 0.717) is 17.1 Å². The molecule has 1 amide bonds. The first-order chi connectivity index (χ1) is 12.2. The predicted octanol–water partition coefficient (Wildman–Crippen LogP) is 4.96. The number of hydrogen-bond acceptors (Lipinski definition) is 3. The van der Waals surface area contributed by atoms with Crippen LogP contribution in [-0.2, 0) is 12.3 Å². The van der Waals surface area contributed by atoms with Crippen molar-refractivity contribution >= 4 is 29.3 Å². The van der Waals surface area contributed by atoms with E-state index in [4.69, 9.17) is 11.6 Å². The molecule has 126 valence electrons. The second kappa shape index (κ2) is 8.70.